The normalized spacial score (nSPS) is 12.3. The quantitative estimate of drug-likeness (QED) is 0.0905. The molecule has 0 bridgehead atoms. The van der Waals surface area contributed by atoms with Gasteiger partial charge >= 0.3 is 5.97 Å². The Hall–Kier alpha value is -4.00. The Bertz CT molecular complexity index is 1850. The van der Waals surface area contributed by atoms with Gasteiger partial charge in [-0.15, -0.1) is 0 Å². The number of ether oxygens (including phenoxy) is 1. The zero-order valence-corrected chi connectivity index (χ0v) is 29.1. The molecule has 0 saturated heterocycles. The fourth-order valence-corrected chi connectivity index (χ4v) is 6.85. The largest absolute Gasteiger partial charge is 0.462 e. The summed E-state index contributed by atoms with van der Waals surface area (Å²) in [6.45, 7) is 12.8. The zero-order valence-electron chi connectivity index (χ0n) is 27.2. The number of fused-ring (bicyclic) bond motifs is 1. The molecule has 246 valence electrons. The van der Waals surface area contributed by atoms with Crippen molar-refractivity contribution in [3.8, 4) is 22.5 Å². The third kappa shape index (κ3) is 7.86. The van der Waals surface area contributed by atoms with Gasteiger partial charge in [0.15, 0.2) is 8.32 Å². The first-order chi connectivity index (χ1) is 21.6. The van der Waals surface area contributed by atoms with E-state index in [4.69, 9.17) is 13.6 Å². The van der Waals surface area contributed by atoms with E-state index < -0.39 is 36.0 Å². The molecule has 0 aliphatic carbocycles. The molecule has 46 heavy (non-hydrogen) atoms. The first-order valence-electron chi connectivity index (χ1n) is 15.1. The van der Waals surface area contributed by atoms with Crippen molar-refractivity contribution >= 4 is 46.9 Å². The average Bonchev–Trinajstić information content (AvgIpc) is 3.36. The summed E-state index contributed by atoms with van der Waals surface area (Å²) >= 11 is 0. The fourth-order valence-electron chi connectivity index (χ4n) is 4.66. The topological polar surface area (TPSA) is 124 Å². The highest BCUT2D eigenvalue weighted by Crippen LogP contribution is 2.41. The molecule has 0 radical (unpaired) electrons. The highest BCUT2D eigenvalue weighted by atomic mass is 32.2. The minimum atomic E-state index is -3.87. The van der Waals surface area contributed by atoms with Crippen LogP contribution in [0.15, 0.2) is 65.1 Å². The van der Waals surface area contributed by atoms with Crippen molar-refractivity contribution in [1.82, 2.24) is 5.32 Å². The van der Waals surface area contributed by atoms with E-state index in [1.54, 1.807) is 37.3 Å². The number of carbonyl (C=O) groups is 2. The molecule has 3 aromatic carbocycles. The van der Waals surface area contributed by atoms with Gasteiger partial charge in [0.1, 0.15) is 17.2 Å². The van der Waals surface area contributed by atoms with Gasteiger partial charge in [-0.05, 0) is 79.5 Å². The van der Waals surface area contributed by atoms with Crippen LogP contribution in [0.2, 0.25) is 18.1 Å². The second-order valence-corrected chi connectivity index (χ2v) is 19.1. The lowest BCUT2D eigenvalue weighted by Gasteiger charge is -2.36. The van der Waals surface area contributed by atoms with Gasteiger partial charge in [0.05, 0.1) is 29.2 Å². The summed E-state index contributed by atoms with van der Waals surface area (Å²) in [5.41, 5.74) is 2.30. The summed E-state index contributed by atoms with van der Waals surface area (Å²) in [6, 6.07) is 15.3. The van der Waals surface area contributed by atoms with Crippen molar-refractivity contribution in [1.29, 1.82) is 0 Å². The molecule has 0 atom stereocenters. The molecule has 0 unspecified atom stereocenters. The lowest BCUT2D eigenvalue weighted by molar-refractivity contribution is 0.0526. The van der Waals surface area contributed by atoms with Crippen LogP contribution in [0.1, 0.15) is 54.8 Å². The maximum atomic E-state index is 13.7. The molecule has 1 amide bonds. The number of carbonyl (C=O) groups excluding carboxylic acids is 2. The number of halogens is 1. The standard InChI is InChI=1S/C34H41FN2O7SSi/c1-8-42-33(39)24-12-9-11-23(19-24)26-20-27-29(44-31(30(27)32(38)36-5)22-13-15-25(35)16-14-22)21-28(26)37-45(40,41)18-10-17-43-46(6,7)34(2,3)4/h9,11-16,19-21,37H,8,10,17-18H2,1-7H3,(H,36,38). The number of furan rings is 1. The summed E-state index contributed by atoms with van der Waals surface area (Å²) in [6.07, 6.45) is 0.286. The lowest BCUT2D eigenvalue weighted by atomic mass is 9.97. The molecule has 0 aliphatic heterocycles. The van der Waals surface area contributed by atoms with Crippen LogP contribution in [0.5, 0.6) is 0 Å². The molecular weight excluding hydrogens is 628 g/mol. The Morgan fingerprint density at radius 1 is 1.00 bits per heavy atom. The van der Waals surface area contributed by atoms with Crippen LogP contribution in [0.3, 0.4) is 0 Å². The van der Waals surface area contributed by atoms with Gasteiger partial charge in [0, 0.05) is 36.2 Å². The highest BCUT2D eigenvalue weighted by Gasteiger charge is 2.37. The maximum Gasteiger partial charge on any atom is 0.338 e. The smallest absolute Gasteiger partial charge is 0.338 e. The number of benzene rings is 3. The zero-order chi connectivity index (χ0) is 33.9. The van der Waals surface area contributed by atoms with Gasteiger partial charge in [0.25, 0.3) is 5.91 Å². The summed E-state index contributed by atoms with van der Waals surface area (Å²) in [5, 5.41) is 3.02. The number of nitrogens with one attached hydrogen (secondary N) is 2. The van der Waals surface area contributed by atoms with Crippen molar-refractivity contribution in [2.24, 2.45) is 0 Å². The second-order valence-electron chi connectivity index (χ2n) is 12.5. The molecule has 9 nitrogen and oxygen atoms in total. The number of rotatable bonds is 12. The summed E-state index contributed by atoms with van der Waals surface area (Å²) in [4.78, 5) is 25.7. The maximum absolute atomic E-state index is 13.7. The number of esters is 1. The van der Waals surface area contributed by atoms with E-state index in [0.29, 0.717) is 28.7 Å². The molecule has 4 rings (SSSR count). The van der Waals surface area contributed by atoms with E-state index in [1.165, 1.54) is 37.4 Å². The molecule has 0 aliphatic rings. The second kappa shape index (κ2) is 13.8. The Balaban J connectivity index is 1.81. The van der Waals surface area contributed by atoms with Crippen molar-refractivity contribution in [3.05, 3.63) is 77.6 Å². The van der Waals surface area contributed by atoms with Crippen LogP contribution in [-0.2, 0) is 19.2 Å². The van der Waals surface area contributed by atoms with Gasteiger partial charge in [-0.3, -0.25) is 9.52 Å². The Morgan fingerprint density at radius 2 is 1.70 bits per heavy atom. The van der Waals surface area contributed by atoms with Crippen LogP contribution < -0.4 is 10.0 Å². The van der Waals surface area contributed by atoms with Gasteiger partial charge in [0.2, 0.25) is 10.0 Å². The summed E-state index contributed by atoms with van der Waals surface area (Å²) in [5.74, 6) is -1.41. The molecule has 0 saturated carbocycles. The number of hydrogen-bond donors (Lipinski definition) is 2. The molecule has 4 aromatic rings. The highest BCUT2D eigenvalue weighted by molar-refractivity contribution is 7.92. The molecule has 1 heterocycles. The average molecular weight is 669 g/mol. The van der Waals surface area contributed by atoms with Crippen molar-refractivity contribution in [2.45, 2.75) is 52.2 Å². The van der Waals surface area contributed by atoms with E-state index in [0.717, 1.165) is 0 Å². The lowest BCUT2D eigenvalue weighted by Crippen LogP contribution is -2.41. The minimum absolute atomic E-state index is 0.00410. The predicted octanol–water partition coefficient (Wildman–Crippen LogP) is 7.60. The third-order valence-corrected chi connectivity index (χ3v) is 14.1. The molecule has 1 aromatic heterocycles. The van der Waals surface area contributed by atoms with E-state index in [9.17, 15) is 22.4 Å². The third-order valence-electron chi connectivity index (χ3n) is 8.17. The first-order valence-corrected chi connectivity index (χ1v) is 19.6. The van der Waals surface area contributed by atoms with Crippen LogP contribution in [0.25, 0.3) is 33.4 Å². The number of sulfonamides is 1. The van der Waals surface area contributed by atoms with E-state index in [-0.39, 0.29) is 52.0 Å². The van der Waals surface area contributed by atoms with Gasteiger partial charge in [-0.1, -0.05) is 32.9 Å². The van der Waals surface area contributed by atoms with Gasteiger partial charge in [-0.2, -0.15) is 0 Å². The van der Waals surface area contributed by atoms with E-state index >= 15 is 0 Å². The van der Waals surface area contributed by atoms with Crippen LogP contribution in [-0.4, -0.2) is 54.6 Å². The van der Waals surface area contributed by atoms with Crippen LogP contribution >= 0.6 is 0 Å². The molecule has 0 fully saturated rings. The predicted molar refractivity (Wildman–Crippen MR) is 182 cm³/mol. The minimum Gasteiger partial charge on any atom is -0.462 e. The Morgan fingerprint density at radius 3 is 2.33 bits per heavy atom. The van der Waals surface area contributed by atoms with Gasteiger partial charge < -0.3 is 18.9 Å². The van der Waals surface area contributed by atoms with Gasteiger partial charge in [-0.25, -0.2) is 17.6 Å². The van der Waals surface area contributed by atoms with E-state index in [1.807, 2.05) is 0 Å². The SMILES string of the molecule is CCOC(=O)c1cccc(-c2cc3c(C(=O)NC)c(-c4ccc(F)cc4)oc3cc2NS(=O)(=O)CCCO[Si](C)(C)C(C)(C)C)c1. The van der Waals surface area contributed by atoms with Crippen LogP contribution in [0, 0.1) is 5.82 Å². The monoisotopic (exact) mass is 668 g/mol. The summed E-state index contributed by atoms with van der Waals surface area (Å²) < 4.78 is 60.8. The molecular formula is C34H41FN2O7SSi. The van der Waals surface area contributed by atoms with Crippen molar-refractivity contribution < 1.29 is 36.0 Å². The Labute approximate surface area is 270 Å². The Kier molecular flexibility index (Phi) is 10.4. The number of amides is 1. The molecule has 12 heteroatoms. The van der Waals surface area contributed by atoms with Crippen molar-refractivity contribution in [2.75, 3.05) is 30.7 Å². The van der Waals surface area contributed by atoms with E-state index in [2.05, 4.69) is 43.9 Å². The molecule has 0 spiro atoms. The van der Waals surface area contributed by atoms with Crippen molar-refractivity contribution in [3.63, 3.8) is 0 Å². The number of hydrogen-bond acceptors (Lipinski definition) is 7. The first kappa shape index (κ1) is 34.9. The fraction of sp³-hybridized carbons (Fsp3) is 0.353. The van der Waals surface area contributed by atoms with Crippen LogP contribution in [0.4, 0.5) is 10.1 Å². The number of anilines is 1. The summed E-state index contributed by atoms with van der Waals surface area (Å²) in [7, 11) is -4.43. The molecule has 2 N–H and O–H groups in total.